The zero-order valence-electron chi connectivity index (χ0n) is 8.66. The van der Waals surface area contributed by atoms with Crippen LogP contribution in [0.25, 0.3) is 0 Å². The van der Waals surface area contributed by atoms with E-state index >= 15 is 0 Å². The van der Waals surface area contributed by atoms with Crippen LogP contribution in [0.3, 0.4) is 0 Å². The Kier molecular flexibility index (Phi) is 3.91. The normalized spacial score (nSPS) is 12.2. The Hall–Kier alpha value is -1.29. The third-order valence-corrected chi connectivity index (χ3v) is 2.67. The highest BCUT2D eigenvalue weighted by molar-refractivity contribution is 6.18. The number of carbonyl (C=O) groups excluding carboxylic acids is 1. The van der Waals surface area contributed by atoms with E-state index in [-0.39, 0.29) is 17.5 Å². The molecule has 0 saturated carbocycles. The smallest absolute Gasteiger partial charge is 0.254 e. The maximum atomic E-state index is 11.8. The summed E-state index contributed by atoms with van der Waals surface area (Å²) in [6.07, 6.45) is 1.45. The van der Waals surface area contributed by atoms with Crippen molar-refractivity contribution in [3.05, 3.63) is 34.2 Å². The Labute approximate surface area is 92.9 Å². The van der Waals surface area contributed by atoms with Gasteiger partial charge in [-0.25, -0.2) is 0 Å². The molecule has 0 fully saturated rings. The van der Waals surface area contributed by atoms with Crippen molar-refractivity contribution < 1.29 is 4.79 Å². The lowest BCUT2D eigenvalue weighted by Gasteiger charge is -2.22. The number of pyridine rings is 1. The van der Waals surface area contributed by atoms with Crippen LogP contribution in [-0.2, 0) is 0 Å². The molecule has 5 heteroatoms. The molecule has 1 atom stereocenters. The molecule has 1 N–H and O–H groups in total. The number of carbonyl (C=O) groups is 1. The number of H-pyrrole nitrogens is 1. The summed E-state index contributed by atoms with van der Waals surface area (Å²) in [6, 6.07) is 2.79. The number of halogens is 1. The standard InChI is InChI=1S/C10H13ClN2O2/c1-7(6-11)13(2)10(15)8-3-4-12-9(14)5-8/h3-5,7H,6H2,1-2H3,(H,12,14). The minimum absolute atomic E-state index is 0.0570. The van der Waals surface area contributed by atoms with Crippen LogP contribution in [0.4, 0.5) is 0 Å². The lowest BCUT2D eigenvalue weighted by molar-refractivity contribution is 0.0756. The summed E-state index contributed by atoms with van der Waals surface area (Å²) in [5.74, 6) is 0.167. The predicted octanol–water partition coefficient (Wildman–Crippen LogP) is 1.07. The molecule has 1 heterocycles. The van der Waals surface area contributed by atoms with Crippen LogP contribution >= 0.6 is 11.6 Å². The number of aromatic nitrogens is 1. The van der Waals surface area contributed by atoms with Crippen LogP contribution in [0.5, 0.6) is 0 Å². The summed E-state index contributed by atoms with van der Waals surface area (Å²) in [5, 5.41) is 0. The molecular formula is C10H13ClN2O2. The van der Waals surface area contributed by atoms with Crippen molar-refractivity contribution >= 4 is 17.5 Å². The number of aromatic amines is 1. The summed E-state index contributed by atoms with van der Waals surface area (Å²) in [4.78, 5) is 26.8. The minimum atomic E-state index is -0.284. The molecule has 0 spiro atoms. The highest BCUT2D eigenvalue weighted by Crippen LogP contribution is 2.05. The topological polar surface area (TPSA) is 53.2 Å². The zero-order chi connectivity index (χ0) is 11.4. The first kappa shape index (κ1) is 11.8. The van der Waals surface area contributed by atoms with Gasteiger partial charge in [-0.2, -0.15) is 0 Å². The monoisotopic (exact) mass is 228 g/mol. The highest BCUT2D eigenvalue weighted by Gasteiger charge is 2.16. The molecule has 0 bridgehead atoms. The van der Waals surface area contributed by atoms with Crippen molar-refractivity contribution in [2.45, 2.75) is 13.0 Å². The van der Waals surface area contributed by atoms with E-state index in [2.05, 4.69) is 4.98 Å². The fourth-order valence-electron chi connectivity index (χ4n) is 1.08. The number of nitrogens with zero attached hydrogens (tertiary/aromatic N) is 1. The van der Waals surface area contributed by atoms with Crippen molar-refractivity contribution in [3.63, 3.8) is 0 Å². The molecule has 1 rings (SSSR count). The van der Waals surface area contributed by atoms with Crippen LogP contribution in [0.15, 0.2) is 23.1 Å². The molecule has 0 aliphatic carbocycles. The van der Waals surface area contributed by atoms with Crippen molar-refractivity contribution in [2.24, 2.45) is 0 Å². The average molecular weight is 229 g/mol. The van der Waals surface area contributed by atoms with Crippen LogP contribution in [0.1, 0.15) is 17.3 Å². The van der Waals surface area contributed by atoms with E-state index in [0.717, 1.165) is 0 Å². The molecule has 1 aromatic rings. The van der Waals surface area contributed by atoms with Crippen LogP contribution in [0.2, 0.25) is 0 Å². The lowest BCUT2D eigenvalue weighted by atomic mass is 10.2. The first-order valence-electron chi connectivity index (χ1n) is 4.58. The van der Waals surface area contributed by atoms with Crippen molar-refractivity contribution in [1.29, 1.82) is 0 Å². The van der Waals surface area contributed by atoms with E-state index in [0.29, 0.717) is 11.4 Å². The fourth-order valence-corrected chi connectivity index (χ4v) is 1.29. The van der Waals surface area contributed by atoms with E-state index in [9.17, 15) is 9.59 Å². The SMILES string of the molecule is CC(CCl)N(C)C(=O)c1cc[nH]c(=O)c1. The molecule has 15 heavy (non-hydrogen) atoms. The van der Waals surface area contributed by atoms with E-state index in [1.807, 2.05) is 6.92 Å². The Morgan fingerprint density at radius 2 is 2.33 bits per heavy atom. The summed E-state index contributed by atoms with van der Waals surface area (Å²) >= 11 is 5.65. The molecule has 1 amide bonds. The Balaban J connectivity index is 2.90. The van der Waals surface area contributed by atoms with Gasteiger partial charge in [0.1, 0.15) is 0 Å². The number of hydrogen-bond acceptors (Lipinski definition) is 2. The van der Waals surface area contributed by atoms with E-state index in [1.165, 1.54) is 17.2 Å². The van der Waals surface area contributed by atoms with Gasteiger partial charge < -0.3 is 9.88 Å². The van der Waals surface area contributed by atoms with Gasteiger partial charge in [0.05, 0.1) is 0 Å². The maximum absolute atomic E-state index is 11.8. The van der Waals surface area contributed by atoms with Gasteiger partial charge in [-0.1, -0.05) is 0 Å². The van der Waals surface area contributed by atoms with Gasteiger partial charge in [-0.05, 0) is 13.0 Å². The Morgan fingerprint density at radius 1 is 1.67 bits per heavy atom. The van der Waals surface area contributed by atoms with Gasteiger partial charge in [0.25, 0.3) is 5.91 Å². The summed E-state index contributed by atoms with van der Waals surface area (Å²) in [7, 11) is 1.66. The van der Waals surface area contributed by atoms with Crippen LogP contribution < -0.4 is 5.56 Å². The van der Waals surface area contributed by atoms with Crippen LogP contribution in [0, 0.1) is 0 Å². The Morgan fingerprint density at radius 3 is 2.87 bits per heavy atom. The first-order chi connectivity index (χ1) is 7.06. The summed E-state index contributed by atoms with van der Waals surface area (Å²) in [5.41, 5.74) is 0.0889. The third-order valence-electron chi connectivity index (χ3n) is 2.23. The van der Waals surface area contributed by atoms with Crippen molar-refractivity contribution in [3.8, 4) is 0 Å². The second kappa shape index (κ2) is 4.98. The largest absolute Gasteiger partial charge is 0.338 e. The molecule has 0 aliphatic rings. The average Bonchev–Trinajstić information content (AvgIpc) is 2.26. The van der Waals surface area contributed by atoms with Crippen LogP contribution in [-0.4, -0.2) is 34.8 Å². The van der Waals surface area contributed by atoms with E-state index < -0.39 is 0 Å². The highest BCUT2D eigenvalue weighted by atomic mass is 35.5. The van der Waals surface area contributed by atoms with E-state index in [1.54, 1.807) is 13.1 Å². The summed E-state index contributed by atoms with van der Waals surface area (Å²) < 4.78 is 0. The molecule has 0 saturated heterocycles. The van der Waals surface area contributed by atoms with Crippen molar-refractivity contribution in [2.75, 3.05) is 12.9 Å². The van der Waals surface area contributed by atoms with E-state index in [4.69, 9.17) is 11.6 Å². The molecule has 82 valence electrons. The number of hydrogen-bond donors (Lipinski definition) is 1. The first-order valence-corrected chi connectivity index (χ1v) is 5.11. The fraction of sp³-hybridized carbons (Fsp3) is 0.400. The van der Waals surface area contributed by atoms with Gasteiger partial charge in [-0.15, -0.1) is 11.6 Å². The zero-order valence-corrected chi connectivity index (χ0v) is 9.41. The van der Waals surface area contributed by atoms with Crippen molar-refractivity contribution in [1.82, 2.24) is 9.88 Å². The minimum Gasteiger partial charge on any atom is -0.338 e. The lowest BCUT2D eigenvalue weighted by Crippen LogP contribution is -2.36. The number of nitrogens with one attached hydrogen (secondary N) is 1. The van der Waals surface area contributed by atoms with Gasteiger partial charge in [0.2, 0.25) is 5.56 Å². The molecule has 0 aliphatic heterocycles. The summed E-state index contributed by atoms with van der Waals surface area (Å²) in [6.45, 7) is 1.85. The predicted molar refractivity (Wildman–Crippen MR) is 59.3 cm³/mol. The number of rotatable bonds is 3. The van der Waals surface area contributed by atoms with Gasteiger partial charge in [0.15, 0.2) is 0 Å². The van der Waals surface area contributed by atoms with Gasteiger partial charge >= 0.3 is 0 Å². The number of amides is 1. The second-order valence-electron chi connectivity index (χ2n) is 3.36. The third kappa shape index (κ3) is 2.83. The second-order valence-corrected chi connectivity index (χ2v) is 3.67. The molecule has 0 radical (unpaired) electrons. The maximum Gasteiger partial charge on any atom is 0.254 e. The quantitative estimate of drug-likeness (QED) is 0.787. The molecule has 1 aromatic heterocycles. The Bertz CT molecular complexity index is 402. The molecule has 4 nitrogen and oxygen atoms in total. The molecule has 0 aromatic carbocycles. The molecular weight excluding hydrogens is 216 g/mol. The number of alkyl halides is 1. The van der Waals surface area contributed by atoms with Gasteiger partial charge in [0, 0.05) is 36.8 Å². The molecule has 1 unspecified atom stereocenters. The van der Waals surface area contributed by atoms with Gasteiger partial charge in [-0.3, -0.25) is 9.59 Å².